The highest BCUT2D eigenvalue weighted by molar-refractivity contribution is 7.26. The second-order valence-corrected chi connectivity index (χ2v) is 12.5. The Bertz CT molecular complexity index is 2600. The number of rotatable bonds is 2. The number of aryl methyl sites for hydroxylation is 2. The summed E-state index contributed by atoms with van der Waals surface area (Å²) < 4.78 is 11.5. The molecule has 0 spiro atoms. The predicted molar refractivity (Wildman–Crippen MR) is 181 cm³/mol. The molecule has 6 aromatic carbocycles. The Morgan fingerprint density at radius 1 is 0.628 bits per heavy atom. The number of fused-ring (bicyclic) bond motifs is 9. The second-order valence-electron chi connectivity index (χ2n) is 11.4. The monoisotopic (exact) mass is 568 g/mol. The number of nitriles is 1. The molecule has 9 aromatic rings. The van der Waals surface area contributed by atoms with Gasteiger partial charge in [0.05, 0.1) is 22.3 Å². The van der Waals surface area contributed by atoms with Crippen LogP contribution in [0.1, 0.15) is 16.7 Å². The molecule has 3 nitrogen and oxygen atoms in total. The van der Waals surface area contributed by atoms with Gasteiger partial charge in [-0.05, 0) is 73.5 Å². The minimum absolute atomic E-state index is 0.543. The van der Waals surface area contributed by atoms with Crippen molar-refractivity contribution in [3.63, 3.8) is 0 Å². The number of aromatic nitrogens is 1. The van der Waals surface area contributed by atoms with E-state index in [0.717, 1.165) is 44.2 Å². The van der Waals surface area contributed by atoms with E-state index in [1.807, 2.05) is 6.07 Å². The van der Waals surface area contributed by atoms with Crippen molar-refractivity contribution < 1.29 is 4.42 Å². The van der Waals surface area contributed by atoms with Crippen LogP contribution in [0.4, 0.5) is 0 Å². The molecule has 0 atom stereocenters. The van der Waals surface area contributed by atoms with E-state index in [-0.39, 0.29) is 0 Å². The van der Waals surface area contributed by atoms with Gasteiger partial charge in [0.1, 0.15) is 6.07 Å². The van der Waals surface area contributed by atoms with Crippen LogP contribution in [0, 0.1) is 25.2 Å². The van der Waals surface area contributed by atoms with Crippen molar-refractivity contribution in [1.82, 2.24) is 4.57 Å². The average molecular weight is 569 g/mol. The number of nitrogens with zero attached hydrogens (tertiary/aromatic N) is 2. The van der Waals surface area contributed by atoms with Gasteiger partial charge in [0.15, 0.2) is 11.2 Å². The molecule has 0 bridgehead atoms. The highest BCUT2D eigenvalue weighted by Gasteiger charge is 2.21. The molecule has 0 radical (unpaired) electrons. The third-order valence-electron chi connectivity index (χ3n) is 8.73. The van der Waals surface area contributed by atoms with Crippen LogP contribution in [0.2, 0.25) is 0 Å². The van der Waals surface area contributed by atoms with Crippen LogP contribution in [0.25, 0.3) is 80.7 Å². The second kappa shape index (κ2) is 8.82. The molecule has 0 fully saturated rings. The Morgan fingerprint density at radius 2 is 1.33 bits per heavy atom. The van der Waals surface area contributed by atoms with Crippen molar-refractivity contribution in [2.24, 2.45) is 0 Å². The largest absolute Gasteiger partial charge is 0.452 e. The Hall–Kier alpha value is -5.37. The number of furan rings is 1. The van der Waals surface area contributed by atoms with Gasteiger partial charge in [-0.1, -0.05) is 71.8 Å². The summed E-state index contributed by atoms with van der Waals surface area (Å²) in [4.78, 5) is 0. The van der Waals surface area contributed by atoms with E-state index < -0.39 is 0 Å². The number of thiophene rings is 1. The molecule has 0 aliphatic heterocycles. The predicted octanol–water partition coefficient (Wildman–Crippen LogP) is 11.2. The minimum Gasteiger partial charge on any atom is -0.452 e. The maximum absolute atomic E-state index is 10.3. The summed E-state index contributed by atoms with van der Waals surface area (Å²) in [7, 11) is 0. The van der Waals surface area contributed by atoms with Gasteiger partial charge in [-0.3, -0.25) is 0 Å². The fraction of sp³-hybridized carbons (Fsp3) is 0.0513. The number of hydrogen-bond acceptors (Lipinski definition) is 3. The van der Waals surface area contributed by atoms with Crippen LogP contribution in [0.3, 0.4) is 0 Å². The van der Waals surface area contributed by atoms with Crippen LogP contribution in [-0.2, 0) is 0 Å². The quantitative estimate of drug-likeness (QED) is 0.208. The molecule has 3 heterocycles. The highest BCUT2D eigenvalue weighted by atomic mass is 32.1. The third-order valence-corrected chi connectivity index (χ3v) is 9.95. The van der Waals surface area contributed by atoms with E-state index in [1.165, 1.54) is 42.1 Å². The van der Waals surface area contributed by atoms with E-state index in [9.17, 15) is 5.26 Å². The molecular weight excluding hydrogens is 545 g/mol. The van der Waals surface area contributed by atoms with Crippen molar-refractivity contribution in [2.45, 2.75) is 13.8 Å². The normalized spacial score (nSPS) is 11.9. The van der Waals surface area contributed by atoms with Gasteiger partial charge in [-0.15, -0.1) is 11.3 Å². The molecule has 0 aliphatic rings. The highest BCUT2D eigenvalue weighted by Crippen LogP contribution is 2.43. The first-order valence-electron chi connectivity index (χ1n) is 14.4. The smallest absolute Gasteiger partial charge is 0.159 e. The molecule has 0 N–H and O–H groups in total. The maximum Gasteiger partial charge on any atom is 0.159 e. The molecule has 4 heteroatoms. The lowest BCUT2D eigenvalue weighted by Crippen LogP contribution is -1.94. The summed E-state index contributed by atoms with van der Waals surface area (Å²) in [5.74, 6) is 0. The zero-order valence-corrected chi connectivity index (χ0v) is 24.4. The lowest BCUT2D eigenvalue weighted by atomic mass is 9.98. The van der Waals surface area contributed by atoms with E-state index >= 15 is 0 Å². The summed E-state index contributed by atoms with van der Waals surface area (Å²) >= 11 is 1.80. The molecule has 0 aliphatic carbocycles. The summed E-state index contributed by atoms with van der Waals surface area (Å²) in [6, 6.07) is 41.2. The van der Waals surface area contributed by atoms with Crippen LogP contribution in [0.15, 0.2) is 114 Å². The van der Waals surface area contributed by atoms with Crippen molar-refractivity contribution in [1.29, 1.82) is 5.26 Å². The lowest BCUT2D eigenvalue weighted by Gasteiger charge is -2.08. The Balaban J connectivity index is 1.35. The van der Waals surface area contributed by atoms with Crippen LogP contribution in [-0.4, -0.2) is 4.57 Å². The van der Waals surface area contributed by atoms with Gasteiger partial charge in [-0.2, -0.15) is 5.26 Å². The van der Waals surface area contributed by atoms with Crippen molar-refractivity contribution in [3.8, 4) is 22.9 Å². The Morgan fingerprint density at radius 3 is 2.09 bits per heavy atom. The standard InChI is InChI=1S/C39H24N2OS/c1-22-13-15-33-30(17-22)31-18-23(2)14-16-34(31)41(33)35-11-6-9-28-32-20-24(19-25(21-40)37(32)42-38(28)35)26-8-5-10-29-27-7-3-4-12-36(27)43-39(26)29/h3-20H,1-2H3. The topological polar surface area (TPSA) is 41.9 Å². The molecule has 9 rings (SSSR count). The van der Waals surface area contributed by atoms with Gasteiger partial charge in [0.2, 0.25) is 0 Å². The van der Waals surface area contributed by atoms with Gasteiger partial charge in [-0.25, -0.2) is 0 Å². The first-order valence-corrected chi connectivity index (χ1v) is 15.2. The summed E-state index contributed by atoms with van der Waals surface area (Å²) in [6.07, 6.45) is 0. The summed E-state index contributed by atoms with van der Waals surface area (Å²) in [5, 5.41) is 17.3. The zero-order chi connectivity index (χ0) is 28.8. The molecule has 202 valence electrons. The Labute approximate surface area is 251 Å². The van der Waals surface area contributed by atoms with Gasteiger partial charge in [0.25, 0.3) is 0 Å². The van der Waals surface area contributed by atoms with Crippen LogP contribution < -0.4 is 0 Å². The fourth-order valence-corrected chi connectivity index (χ4v) is 8.02. The first kappa shape index (κ1) is 24.2. The minimum atomic E-state index is 0.543. The molecule has 0 amide bonds. The SMILES string of the molecule is Cc1ccc2c(c1)c1cc(C)ccc1n2-c1cccc2c1oc1c(C#N)cc(-c3cccc4c3sc3ccccc34)cc12. The van der Waals surface area contributed by atoms with E-state index in [0.29, 0.717) is 11.1 Å². The van der Waals surface area contributed by atoms with E-state index in [2.05, 4.69) is 128 Å². The van der Waals surface area contributed by atoms with Crippen molar-refractivity contribution in [2.75, 3.05) is 0 Å². The van der Waals surface area contributed by atoms with Crippen LogP contribution >= 0.6 is 11.3 Å². The molecule has 0 saturated carbocycles. The number of hydrogen-bond donors (Lipinski definition) is 0. The molecule has 0 saturated heterocycles. The average Bonchev–Trinajstić information content (AvgIpc) is 3.70. The van der Waals surface area contributed by atoms with Crippen molar-refractivity contribution in [3.05, 3.63) is 126 Å². The van der Waals surface area contributed by atoms with Gasteiger partial charge < -0.3 is 8.98 Å². The van der Waals surface area contributed by atoms with Crippen LogP contribution in [0.5, 0.6) is 0 Å². The number of benzene rings is 6. The first-order chi connectivity index (χ1) is 21.1. The molecule has 3 aromatic heterocycles. The molecular formula is C39H24N2OS. The maximum atomic E-state index is 10.3. The molecule has 43 heavy (non-hydrogen) atoms. The molecule has 0 unspecified atom stereocenters. The lowest BCUT2D eigenvalue weighted by molar-refractivity contribution is 0.665. The van der Waals surface area contributed by atoms with Gasteiger partial charge >= 0.3 is 0 Å². The number of para-hydroxylation sites is 1. The van der Waals surface area contributed by atoms with Crippen molar-refractivity contribution >= 4 is 75.3 Å². The fourth-order valence-electron chi connectivity index (χ4n) is 6.78. The summed E-state index contributed by atoms with van der Waals surface area (Å²) in [5.41, 5.74) is 9.82. The third kappa shape index (κ3) is 3.40. The summed E-state index contributed by atoms with van der Waals surface area (Å²) in [6.45, 7) is 4.28. The van der Waals surface area contributed by atoms with Gasteiger partial charge in [0, 0.05) is 41.7 Å². The Kier molecular flexibility index (Phi) is 4.97. The van der Waals surface area contributed by atoms with E-state index in [4.69, 9.17) is 4.42 Å². The zero-order valence-electron chi connectivity index (χ0n) is 23.6. The van der Waals surface area contributed by atoms with E-state index in [1.54, 1.807) is 11.3 Å².